The molecular formula is C11H12BrN3OS. The van der Waals surface area contributed by atoms with E-state index in [2.05, 4.69) is 32.8 Å². The van der Waals surface area contributed by atoms with Gasteiger partial charge in [-0.3, -0.25) is 9.20 Å². The number of carbonyl (C=O) groups is 1. The van der Waals surface area contributed by atoms with Gasteiger partial charge < -0.3 is 5.32 Å². The summed E-state index contributed by atoms with van der Waals surface area (Å²) in [5.74, 6) is -0.0170. The highest BCUT2D eigenvalue weighted by Gasteiger charge is 2.10. The van der Waals surface area contributed by atoms with Crippen LogP contribution >= 0.6 is 27.3 Å². The highest BCUT2D eigenvalue weighted by molar-refractivity contribution is 9.11. The number of carbonyl (C=O) groups excluding carboxylic acids is 1. The van der Waals surface area contributed by atoms with Crippen molar-refractivity contribution >= 4 is 38.1 Å². The Labute approximate surface area is 111 Å². The molecule has 0 aromatic carbocycles. The number of thiazole rings is 1. The van der Waals surface area contributed by atoms with Crippen molar-refractivity contribution in [3.63, 3.8) is 0 Å². The van der Waals surface area contributed by atoms with Gasteiger partial charge >= 0.3 is 0 Å². The van der Waals surface area contributed by atoms with E-state index >= 15 is 0 Å². The van der Waals surface area contributed by atoms with Crippen LogP contribution < -0.4 is 5.32 Å². The van der Waals surface area contributed by atoms with Crippen molar-refractivity contribution < 1.29 is 4.79 Å². The number of rotatable bonds is 4. The summed E-state index contributed by atoms with van der Waals surface area (Å²) in [5.41, 5.74) is 1.93. The van der Waals surface area contributed by atoms with E-state index in [1.165, 1.54) is 0 Å². The third kappa shape index (κ3) is 2.95. The lowest BCUT2D eigenvalue weighted by Gasteiger charge is -2.03. The van der Waals surface area contributed by atoms with Gasteiger partial charge in [0, 0.05) is 28.3 Å². The van der Waals surface area contributed by atoms with Crippen LogP contribution in [-0.2, 0) is 11.2 Å². The third-order valence-electron chi connectivity index (χ3n) is 2.22. The Hall–Kier alpha value is -1.14. The molecule has 0 aliphatic carbocycles. The summed E-state index contributed by atoms with van der Waals surface area (Å²) < 4.78 is 2.72. The van der Waals surface area contributed by atoms with E-state index in [0.29, 0.717) is 13.0 Å². The molecule has 2 rings (SSSR count). The van der Waals surface area contributed by atoms with Crippen molar-refractivity contribution in [2.45, 2.75) is 13.3 Å². The first-order valence-corrected chi connectivity index (χ1v) is 6.75. The number of amides is 1. The van der Waals surface area contributed by atoms with Crippen LogP contribution in [0.5, 0.6) is 0 Å². The number of halogens is 1. The minimum atomic E-state index is -0.0170. The Morgan fingerprint density at radius 2 is 2.47 bits per heavy atom. The number of hydrogen-bond donors (Lipinski definition) is 1. The van der Waals surface area contributed by atoms with Gasteiger partial charge in [-0.25, -0.2) is 4.98 Å². The SMILES string of the molecule is C=C(Br)CNC(=O)Cc1csc2nc(C)cn12. The topological polar surface area (TPSA) is 46.4 Å². The van der Waals surface area contributed by atoms with Crippen LogP contribution in [0, 0.1) is 6.92 Å². The fraction of sp³-hybridized carbons (Fsp3) is 0.273. The average molecular weight is 314 g/mol. The van der Waals surface area contributed by atoms with Gasteiger partial charge in [0.2, 0.25) is 5.91 Å². The smallest absolute Gasteiger partial charge is 0.226 e. The fourth-order valence-electron chi connectivity index (χ4n) is 1.49. The summed E-state index contributed by atoms with van der Waals surface area (Å²) >= 11 is 4.75. The summed E-state index contributed by atoms with van der Waals surface area (Å²) in [4.78, 5) is 16.9. The molecule has 0 atom stereocenters. The maximum atomic E-state index is 11.7. The molecule has 0 bridgehead atoms. The highest BCUT2D eigenvalue weighted by atomic mass is 79.9. The summed E-state index contributed by atoms with van der Waals surface area (Å²) in [6.07, 6.45) is 2.30. The Kier molecular flexibility index (Phi) is 3.63. The average Bonchev–Trinajstić information content (AvgIpc) is 2.76. The van der Waals surface area contributed by atoms with Crippen LogP contribution in [0.1, 0.15) is 11.4 Å². The molecule has 0 aliphatic rings. The lowest BCUT2D eigenvalue weighted by atomic mass is 10.3. The zero-order valence-corrected chi connectivity index (χ0v) is 11.8. The molecule has 0 unspecified atom stereocenters. The van der Waals surface area contributed by atoms with Crippen LogP contribution in [0.25, 0.3) is 4.96 Å². The van der Waals surface area contributed by atoms with Crippen LogP contribution in [0.2, 0.25) is 0 Å². The van der Waals surface area contributed by atoms with E-state index in [-0.39, 0.29) is 5.91 Å². The van der Waals surface area contributed by atoms with Crippen molar-refractivity contribution in [1.29, 1.82) is 0 Å². The van der Waals surface area contributed by atoms with Crippen molar-refractivity contribution in [2.24, 2.45) is 0 Å². The van der Waals surface area contributed by atoms with Gasteiger partial charge in [0.25, 0.3) is 0 Å². The van der Waals surface area contributed by atoms with Crippen LogP contribution in [-0.4, -0.2) is 21.8 Å². The number of hydrogen-bond acceptors (Lipinski definition) is 3. The molecule has 2 heterocycles. The van der Waals surface area contributed by atoms with Crippen LogP contribution in [0.4, 0.5) is 0 Å². The van der Waals surface area contributed by atoms with E-state index in [9.17, 15) is 4.79 Å². The zero-order chi connectivity index (χ0) is 12.4. The second kappa shape index (κ2) is 5.01. The van der Waals surface area contributed by atoms with Crippen LogP contribution in [0.3, 0.4) is 0 Å². The minimum absolute atomic E-state index is 0.0170. The molecular weight excluding hydrogens is 302 g/mol. The van der Waals surface area contributed by atoms with Gasteiger partial charge in [-0.05, 0) is 6.92 Å². The first-order chi connectivity index (χ1) is 8.06. The lowest BCUT2D eigenvalue weighted by molar-refractivity contribution is -0.120. The summed E-state index contributed by atoms with van der Waals surface area (Å²) in [7, 11) is 0. The predicted molar refractivity (Wildman–Crippen MR) is 72.6 cm³/mol. The summed E-state index contributed by atoms with van der Waals surface area (Å²) in [6, 6.07) is 0. The van der Waals surface area contributed by atoms with E-state index < -0.39 is 0 Å². The number of aryl methyl sites for hydroxylation is 1. The number of fused-ring (bicyclic) bond motifs is 1. The molecule has 6 heteroatoms. The van der Waals surface area contributed by atoms with Gasteiger partial charge in [0.05, 0.1) is 12.1 Å². The van der Waals surface area contributed by atoms with E-state index in [0.717, 1.165) is 20.8 Å². The third-order valence-corrected chi connectivity index (χ3v) is 3.39. The molecule has 1 amide bonds. The standard InChI is InChI=1S/C11H12BrN3OS/c1-7(12)4-13-10(16)3-9-6-17-11-14-8(2)5-15(9)11/h5-6H,1,3-4H2,2H3,(H,13,16). The molecule has 0 radical (unpaired) electrons. The van der Waals surface area contributed by atoms with E-state index in [4.69, 9.17) is 0 Å². The molecule has 1 N–H and O–H groups in total. The van der Waals surface area contributed by atoms with Crippen molar-refractivity contribution in [3.05, 3.63) is 34.0 Å². The summed E-state index contributed by atoms with van der Waals surface area (Å²) in [6.45, 7) is 6.06. The molecule has 90 valence electrons. The Morgan fingerprint density at radius 3 is 3.18 bits per heavy atom. The number of imidazole rings is 1. The number of aromatic nitrogens is 2. The molecule has 0 saturated carbocycles. The molecule has 0 fully saturated rings. The molecule has 2 aromatic heterocycles. The molecule has 4 nitrogen and oxygen atoms in total. The molecule has 0 saturated heterocycles. The normalized spacial score (nSPS) is 10.7. The number of nitrogens with zero attached hydrogens (tertiary/aromatic N) is 2. The molecule has 2 aromatic rings. The first kappa shape index (κ1) is 12.3. The predicted octanol–water partition coefficient (Wildman–Crippen LogP) is 2.27. The van der Waals surface area contributed by atoms with Crippen molar-refractivity contribution in [2.75, 3.05) is 6.54 Å². The van der Waals surface area contributed by atoms with Crippen molar-refractivity contribution in [1.82, 2.24) is 14.7 Å². The summed E-state index contributed by atoms with van der Waals surface area (Å²) in [5, 5.41) is 4.74. The number of nitrogens with one attached hydrogen (secondary N) is 1. The molecule has 17 heavy (non-hydrogen) atoms. The van der Waals surface area contributed by atoms with Gasteiger partial charge in [0.1, 0.15) is 0 Å². The monoisotopic (exact) mass is 313 g/mol. The first-order valence-electron chi connectivity index (χ1n) is 5.08. The fourth-order valence-corrected chi connectivity index (χ4v) is 2.55. The van der Waals surface area contributed by atoms with Crippen LogP contribution in [0.15, 0.2) is 22.6 Å². The Morgan fingerprint density at radius 1 is 1.71 bits per heavy atom. The van der Waals surface area contributed by atoms with Crippen molar-refractivity contribution in [3.8, 4) is 0 Å². The molecule has 0 aliphatic heterocycles. The van der Waals surface area contributed by atoms with Gasteiger partial charge in [-0.1, -0.05) is 22.5 Å². The quantitative estimate of drug-likeness (QED) is 0.941. The highest BCUT2D eigenvalue weighted by Crippen LogP contribution is 2.16. The van der Waals surface area contributed by atoms with Gasteiger partial charge in [0.15, 0.2) is 4.96 Å². The van der Waals surface area contributed by atoms with E-state index in [1.807, 2.05) is 22.9 Å². The zero-order valence-electron chi connectivity index (χ0n) is 9.36. The lowest BCUT2D eigenvalue weighted by Crippen LogP contribution is -2.26. The molecule has 0 spiro atoms. The minimum Gasteiger partial charge on any atom is -0.351 e. The van der Waals surface area contributed by atoms with Gasteiger partial charge in [-0.15, -0.1) is 11.3 Å². The van der Waals surface area contributed by atoms with E-state index in [1.54, 1.807) is 11.3 Å². The second-order valence-corrected chi connectivity index (χ2v) is 5.69. The Balaban J connectivity index is 2.07. The second-order valence-electron chi connectivity index (χ2n) is 3.73. The maximum absolute atomic E-state index is 11.7. The largest absolute Gasteiger partial charge is 0.351 e. The maximum Gasteiger partial charge on any atom is 0.226 e. The van der Waals surface area contributed by atoms with Gasteiger partial charge in [-0.2, -0.15) is 0 Å². The Bertz CT molecular complexity index is 572.